The number of halogens is 1. The van der Waals surface area contributed by atoms with Gasteiger partial charge in [0.05, 0.1) is 25.4 Å². The second kappa shape index (κ2) is 7.81. The molecule has 5 nitrogen and oxygen atoms in total. The highest BCUT2D eigenvalue weighted by molar-refractivity contribution is 7.19. The molecule has 0 unspecified atom stereocenters. The van der Waals surface area contributed by atoms with E-state index in [1.165, 1.54) is 22.2 Å². The van der Waals surface area contributed by atoms with Crippen molar-refractivity contribution in [1.82, 2.24) is 9.55 Å². The molecule has 0 amide bonds. The molecule has 0 bridgehead atoms. The van der Waals surface area contributed by atoms with Gasteiger partial charge < -0.3 is 4.74 Å². The van der Waals surface area contributed by atoms with Crippen molar-refractivity contribution < 1.29 is 9.53 Å². The molecular formula is C22H17ClN2O3S. The van der Waals surface area contributed by atoms with Gasteiger partial charge in [0.1, 0.15) is 10.6 Å². The van der Waals surface area contributed by atoms with Gasteiger partial charge in [-0.3, -0.25) is 14.2 Å². The summed E-state index contributed by atoms with van der Waals surface area (Å²) in [6, 6.07) is 14.2. The lowest BCUT2D eigenvalue weighted by atomic mass is 10.0. The maximum absolute atomic E-state index is 13.2. The minimum atomic E-state index is -0.236. The van der Waals surface area contributed by atoms with Gasteiger partial charge in [-0.05, 0) is 36.8 Å². The molecule has 0 aliphatic rings. The zero-order chi connectivity index (χ0) is 20.5. The number of aromatic nitrogens is 2. The Morgan fingerprint density at radius 1 is 1.21 bits per heavy atom. The van der Waals surface area contributed by atoms with Gasteiger partial charge in [0.25, 0.3) is 5.56 Å². The normalized spacial score (nSPS) is 11.0. The first-order valence-electron chi connectivity index (χ1n) is 8.89. The predicted molar refractivity (Wildman–Crippen MR) is 116 cm³/mol. The molecule has 0 fully saturated rings. The maximum atomic E-state index is 13.2. The van der Waals surface area contributed by atoms with E-state index in [2.05, 4.69) is 4.98 Å². The molecular weight excluding hydrogens is 408 g/mol. The Bertz CT molecular complexity index is 1280. The fourth-order valence-electron chi connectivity index (χ4n) is 3.26. The first kappa shape index (κ1) is 19.4. The number of ketones is 1. The Morgan fingerprint density at radius 3 is 2.69 bits per heavy atom. The van der Waals surface area contributed by atoms with Gasteiger partial charge in [-0.15, -0.1) is 11.3 Å². The molecule has 4 rings (SSSR count). The quantitative estimate of drug-likeness (QED) is 0.424. The average molecular weight is 425 g/mol. The largest absolute Gasteiger partial charge is 0.497 e. The molecule has 0 N–H and O–H groups in total. The predicted octanol–water partition coefficient (Wildman–Crippen LogP) is 4.98. The van der Waals surface area contributed by atoms with Crippen LogP contribution in [-0.4, -0.2) is 22.4 Å². The number of aryl methyl sites for hydroxylation is 1. The Morgan fingerprint density at radius 2 is 1.97 bits per heavy atom. The lowest BCUT2D eigenvalue weighted by Crippen LogP contribution is -2.24. The minimum Gasteiger partial charge on any atom is -0.497 e. The van der Waals surface area contributed by atoms with Gasteiger partial charge in [-0.2, -0.15) is 0 Å². The molecule has 0 radical (unpaired) electrons. The summed E-state index contributed by atoms with van der Waals surface area (Å²) in [6.07, 6.45) is 1.43. The van der Waals surface area contributed by atoms with Gasteiger partial charge in [0.15, 0.2) is 5.78 Å². The summed E-state index contributed by atoms with van der Waals surface area (Å²) < 4.78 is 6.53. The molecule has 2 aromatic heterocycles. The first-order chi connectivity index (χ1) is 14.0. The number of rotatable bonds is 5. The topological polar surface area (TPSA) is 61.2 Å². The van der Waals surface area contributed by atoms with Gasteiger partial charge in [-0.1, -0.05) is 35.9 Å². The van der Waals surface area contributed by atoms with E-state index in [1.54, 1.807) is 43.5 Å². The van der Waals surface area contributed by atoms with Crippen molar-refractivity contribution in [3.8, 4) is 16.9 Å². The lowest BCUT2D eigenvalue weighted by molar-refractivity contribution is 0.0970. The second-order valence-corrected chi connectivity index (χ2v) is 8.19. The molecule has 29 heavy (non-hydrogen) atoms. The van der Waals surface area contributed by atoms with Crippen LogP contribution in [0.25, 0.3) is 21.3 Å². The van der Waals surface area contributed by atoms with Crippen molar-refractivity contribution in [2.45, 2.75) is 13.5 Å². The number of fused-ring (bicyclic) bond motifs is 1. The Hall–Kier alpha value is -2.96. The SMILES string of the molecule is COc1cccc(C(=O)Cn2cnc3sc(C)c(-c4ccc(Cl)cc4)c3c2=O)c1. The van der Waals surface area contributed by atoms with Crippen LogP contribution in [0, 0.1) is 6.92 Å². The highest BCUT2D eigenvalue weighted by atomic mass is 35.5. The number of carbonyl (C=O) groups excluding carboxylic acids is 1. The van der Waals surface area contributed by atoms with Crippen LogP contribution in [0.5, 0.6) is 5.75 Å². The zero-order valence-corrected chi connectivity index (χ0v) is 17.4. The highest BCUT2D eigenvalue weighted by Gasteiger charge is 2.18. The smallest absolute Gasteiger partial charge is 0.263 e. The molecule has 4 aromatic rings. The molecule has 0 saturated heterocycles. The fourth-order valence-corrected chi connectivity index (χ4v) is 4.39. The van der Waals surface area contributed by atoms with Crippen LogP contribution in [0.15, 0.2) is 59.7 Å². The molecule has 0 atom stereocenters. The van der Waals surface area contributed by atoms with Gasteiger partial charge in [0, 0.05) is 21.0 Å². The van der Waals surface area contributed by atoms with Crippen LogP contribution in [0.3, 0.4) is 0 Å². The summed E-state index contributed by atoms with van der Waals surface area (Å²) in [6.45, 7) is 1.87. The second-order valence-electron chi connectivity index (χ2n) is 6.55. The van der Waals surface area contributed by atoms with E-state index < -0.39 is 0 Å². The van der Waals surface area contributed by atoms with Crippen LogP contribution in [0.2, 0.25) is 5.02 Å². The molecule has 2 aromatic carbocycles. The van der Waals surface area contributed by atoms with E-state index in [1.807, 2.05) is 19.1 Å². The molecule has 2 heterocycles. The number of thiophene rings is 1. The third kappa shape index (κ3) is 3.69. The van der Waals surface area contributed by atoms with E-state index in [-0.39, 0.29) is 17.9 Å². The standard InChI is InChI=1S/C22H17ClN2O3S/c1-13-19(14-6-8-16(23)9-7-14)20-21(29-13)24-12-25(22(20)27)11-18(26)15-4-3-5-17(10-15)28-2/h3-10,12H,11H2,1-2H3. The van der Waals surface area contributed by atoms with Crippen molar-refractivity contribution in [3.05, 3.63) is 80.7 Å². The number of methoxy groups -OCH3 is 1. The van der Waals surface area contributed by atoms with Crippen LogP contribution in [0.1, 0.15) is 15.2 Å². The van der Waals surface area contributed by atoms with Gasteiger partial charge in [-0.25, -0.2) is 4.98 Å². The van der Waals surface area contributed by atoms with Crippen LogP contribution in [-0.2, 0) is 6.54 Å². The van der Waals surface area contributed by atoms with E-state index >= 15 is 0 Å². The lowest BCUT2D eigenvalue weighted by Gasteiger charge is -2.07. The number of hydrogen-bond acceptors (Lipinski definition) is 5. The van der Waals surface area contributed by atoms with E-state index in [9.17, 15) is 9.59 Å². The number of ether oxygens (including phenoxy) is 1. The summed E-state index contributed by atoms with van der Waals surface area (Å²) in [7, 11) is 1.54. The Kier molecular flexibility index (Phi) is 5.22. The zero-order valence-electron chi connectivity index (χ0n) is 15.8. The molecule has 0 spiro atoms. The summed E-state index contributed by atoms with van der Waals surface area (Å²) >= 11 is 7.46. The van der Waals surface area contributed by atoms with Gasteiger partial charge in [0.2, 0.25) is 0 Å². The van der Waals surface area contributed by atoms with Crippen LogP contribution < -0.4 is 10.3 Å². The highest BCUT2D eigenvalue weighted by Crippen LogP contribution is 2.35. The third-order valence-electron chi connectivity index (χ3n) is 4.69. The number of hydrogen-bond donors (Lipinski definition) is 0. The molecule has 146 valence electrons. The molecule has 7 heteroatoms. The number of Topliss-reactive ketones (excluding diaryl/α,β-unsaturated/α-hetero) is 1. The average Bonchev–Trinajstić information content (AvgIpc) is 3.07. The monoisotopic (exact) mass is 424 g/mol. The Labute approximate surface area is 176 Å². The molecule has 0 saturated carbocycles. The summed E-state index contributed by atoms with van der Waals surface area (Å²) in [5.74, 6) is 0.405. The number of carbonyl (C=O) groups is 1. The number of nitrogens with zero attached hydrogens (tertiary/aromatic N) is 2. The third-order valence-corrected chi connectivity index (χ3v) is 5.96. The van der Waals surface area contributed by atoms with Crippen LogP contribution >= 0.6 is 22.9 Å². The number of benzene rings is 2. The van der Waals surface area contributed by atoms with E-state index in [0.717, 1.165) is 16.0 Å². The van der Waals surface area contributed by atoms with Gasteiger partial charge >= 0.3 is 0 Å². The Balaban J connectivity index is 1.77. The fraction of sp³-hybridized carbons (Fsp3) is 0.136. The maximum Gasteiger partial charge on any atom is 0.263 e. The molecule has 0 aliphatic carbocycles. The van der Waals surface area contributed by atoms with Crippen molar-refractivity contribution in [1.29, 1.82) is 0 Å². The van der Waals surface area contributed by atoms with Crippen molar-refractivity contribution in [2.75, 3.05) is 7.11 Å². The van der Waals surface area contributed by atoms with E-state index in [0.29, 0.717) is 26.6 Å². The summed E-state index contributed by atoms with van der Waals surface area (Å²) in [5, 5.41) is 1.15. The minimum absolute atomic E-state index is 0.0934. The molecule has 0 aliphatic heterocycles. The van der Waals surface area contributed by atoms with E-state index in [4.69, 9.17) is 16.3 Å². The van der Waals surface area contributed by atoms with Crippen LogP contribution in [0.4, 0.5) is 0 Å². The summed E-state index contributed by atoms with van der Waals surface area (Å²) in [5.41, 5.74) is 1.98. The van der Waals surface area contributed by atoms with Crippen molar-refractivity contribution in [3.63, 3.8) is 0 Å². The van der Waals surface area contributed by atoms with Crippen molar-refractivity contribution >= 4 is 38.9 Å². The van der Waals surface area contributed by atoms with Crippen molar-refractivity contribution in [2.24, 2.45) is 0 Å². The first-order valence-corrected chi connectivity index (χ1v) is 10.1. The summed E-state index contributed by atoms with van der Waals surface area (Å²) in [4.78, 5) is 32.0.